The second-order valence-electron chi connectivity index (χ2n) is 6.76. The van der Waals surface area contributed by atoms with Crippen molar-refractivity contribution in [2.75, 3.05) is 5.32 Å². The highest BCUT2D eigenvalue weighted by Gasteiger charge is 2.14. The highest BCUT2D eigenvalue weighted by molar-refractivity contribution is 7.14. The van der Waals surface area contributed by atoms with E-state index in [1.165, 1.54) is 16.9 Å². The number of nitrogens with one attached hydrogen (secondary N) is 1. The van der Waals surface area contributed by atoms with Crippen LogP contribution < -0.4 is 5.32 Å². The van der Waals surface area contributed by atoms with Crippen LogP contribution in [0, 0.1) is 0 Å². The summed E-state index contributed by atoms with van der Waals surface area (Å²) in [5.74, 6) is -0.165. The van der Waals surface area contributed by atoms with Crippen LogP contribution in [0.15, 0.2) is 78.2 Å². The van der Waals surface area contributed by atoms with Crippen LogP contribution in [0.25, 0.3) is 11.3 Å². The van der Waals surface area contributed by atoms with E-state index in [0.717, 1.165) is 24.0 Å². The second-order valence-corrected chi connectivity index (χ2v) is 8.46. The summed E-state index contributed by atoms with van der Waals surface area (Å²) in [6, 6.07) is 23.2. The highest BCUT2D eigenvalue weighted by Crippen LogP contribution is 2.32. The molecular formula is C24H18Cl2N2OS. The van der Waals surface area contributed by atoms with E-state index in [0.29, 0.717) is 26.4 Å². The maximum absolute atomic E-state index is 12.9. The van der Waals surface area contributed by atoms with Crippen molar-refractivity contribution in [3.8, 4) is 11.3 Å². The van der Waals surface area contributed by atoms with E-state index in [1.54, 1.807) is 12.1 Å². The standard InChI is InChI=1S/C24H18Cl2N2OS/c25-18-12-13-20(21(26)14-18)22-15-30-24(27-22)28-23(29)19-9-5-4-8-17(19)11-10-16-6-2-1-3-7-16/h1-9,12-15H,10-11H2,(H,27,28,29). The Labute approximate surface area is 189 Å². The van der Waals surface area contributed by atoms with Gasteiger partial charge in [0.05, 0.1) is 10.7 Å². The van der Waals surface area contributed by atoms with Crippen LogP contribution in [0.4, 0.5) is 5.13 Å². The number of anilines is 1. The monoisotopic (exact) mass is 452 g/mol. The van der Waals surface area contributed by atoms with Crippen molar-refractivity contribution in [3.63, 3.8) is 0 Å². The molecule has 0 bridgehead atoms. The Morgan fingerprint density at radius 2 is 1.70 bits per heavy atom. The summed E-state index contributed by atoms with van der Waals surface area (Å²) >= 11 is 13.6. The molecule has 0 saturated carbocycles. The minimum atomic E-state index is -0.165. The lowest BCUT2D eigenvalue weighted by Crippen LogP contribution is -2.14. The Morgan fingerprint density at radius 1 is 0.933 bits per heavy atom. The summed E-state index contributed by atoms with van der Waals surface area (Å²) < 4.78 is 0. The average Bonchev–Trinajstić information content (AvgIpc) is 3.21. The number of rotatable bonds is 6. The lowest BCUT2D eigenvalue weighted by atomic mass is 9.99. The first kappa shape index (κ1) is 20.6. The summed E-state index contributed by atoms with van der Waals surface area (Å²) in [6.45, 7) is 0. The first-order chi connectivity index (χ1) is 14.6. The number of aryl methyl sites for hydroxylation is 2. The largest absolute Gasteiger partial charge is 0.298 e. The van der Waals surface area contributed by atoms with Crippen molar-refractivity contribution in [1.29, 1.82) is 0 Å². The van der Waals surface area contributed by atoms with Crippen LogP contribution in [0.1, 0.15) is 21.5 Å². The quantitative estimate of drug-likeness (QED) is 0.337. The fourth-order valence-electron chi connectivity index (χ4n) is 3.20. The molecule has 4 aromatic rings. The summed E-state index contributed by atoms with van der Waals surface area (Å²) in [7, 11) is 0. The molecule has 1 amide bonds. The van der Waals surface area contributed by atoms with Crippen molar-refractivity contribution in [3.05, 3.63) is 105 Å². The van der Waals surface area contributed by atoms with Crippen molar-refractivity contribution in [2.24, 2.45) is 0 Å². The van der Waals surface area contributed by atoms with Crippen molar-refractivity contribution in [1.82, 2.24) is 4.98 Å². The van der Waals surface area contributed by atoms with Gasteiger partial charge >= 0.3 is 0 Å². The molecule has 150 valence electrons. The van der Waals surface area contributed by atoms with Crippen molar-refractivity contribution < 1.29 is 4.79 Å². The number of thiazole rings is 1. The van der Waals surface area contributed by atoms with E-state index >= 15 is 0 Å². The minimum Gasteiger partial charge on any atom is -0.298 e. The highest BCUT2D eigenvalue weighted by atomic mass is 35.5. The normalized spacial score (nSPS) is 10.7. The Morgan fingerprint density at radius 3 is 2.50 bits per heavy atom. The molecule has 1 aromatic heterocycles. The summed E-state index contributed by atoms with van der Waals surface area (Å²) in [6.07, 6.45) is 1.67. The van der Waals surface area contributed by atoms with Crippen LogP contribution in [0.3, 0.4) is 0 Å². The van der Waals surface area contributed by atoms with Crippen LogP contribution >= 0.6 is 34.5 Å². The van der Waals surface area contributed by atoms with E-state index < -0.39 is 0 Å². The van der Waals surface area contributed by atoms with Crippen LogP contribution in [-0.2, 0) is 12.8 Å². The van der Waals surface area contributed by atoms with E-state index in [9.17, 15) is 4.79 Å². The van der Waals surface area contributed by atoms with Gasteiger partial charge in [0.15, 0.2) is 5.13 Å². The molecule has 0 radical (unpaired) electrons. The Bertz CT molecular complexity index is 1170. The molecule has 0 fully saturated rings. The fraction of sp³-hybridized carbons (Fsp3) is 0.0833. The van der Waals surface area contributed by atoms with Gasteiger partial charge in [-0.1, -0.05) is 71.7 Å². The lowest BCUT2D eigenvalue weighted by Gasteiger charge is -2.09. The molecule has 0 spiro atoms. The number of benzene rings is 3. The predicted molar refractivity (Wildman–Crippen MR) is 126 cm³/mol. The molecule has 4 rings (SSSR count). The van der Waals surface area contributed by atoms with Gasteiger partial charge in [0.2, 0.25) is 0 Å². The average molecular weight is 453 g/mol. The third-order valence-electron chi connectivity index (χ3n) is 4.72. The molecule has 3 nitrogen and oxygen atoms in total. The molecule has 0 aliphatic rings. The lowest BCUT2D eigenvalue weighted by molar-refractivity contribution is 0.102. The van der Waals surface area contributed by atoms with Crippen LogP contribution in [0.2, 0.25) is 10.0 Å². The number of carbonyl (C=O) groups excluding carboxylic acids is 1. The molecule has 1 N–H and O–H groups in total. The van der Waals surface area contributed by atoms with Gasteiger partial charge in [0.25, 0.3) is 5.91 Å². The number of aromatic nitrogens is 1. The zero-order valence-electron chi connectivity index (χ0n) is 15.9. The number of hydrogen-bond acceptors (Lipinski definition) is 3. The maximum Gasteiger partial charge on any atom is 0.257 e. The summed E-state index contributed by atoms with van der Waals surface area (Å²) in [5.41, 5.74) is 4.40. The van der Waals surface area contributed by atoms with E-state index in [4.69, 9.17) is 23.2 Å². The zero-order chi connectivity index (χ0) is 20.9. The van der Waals surface area contributed by atoms with Gasteiger partial charge in [-0.15, -0.1) is 11.3 Å². The number of halogens is 2. The number of nitrogens with zero attached hydrogens (tertiary/aromatic N) is 1. The molecule has 6 heteroatoms. The third kappa shape index (κ3) is 4.90. The van der Waals surface area contributed by atoms with Gasteiger partial charge in [-0.25, -0.2) is 4.98 Å². The molecule has 3 aromatic carbocycles. The Kier molecular flexibility index (Phi) is 6.48. The van der Waals surface area contributed by atoms with Gasteiger partial charge < -0.3 is 0 Å². The molecule has 1 heterocycles. The Hall–Kier alpha value is -2.66. The second kappa shape index (κ2) is 9.43. The number of hydrogen-bond donors (Lipinski definition) is 1. The molecular weight excluding hydrogens is 435 g/mol. The fourth-order valence-corrected chi connectivity index (χ4v) is 4.41. The van der Waals surface area contributed by atoms with E-state index in [-0.39, 0.29) is 5.91 Å². The third-order valence-corrected chi connectivity index (χ3v) is 6.03. The predicted octanol–water partition coefficient (Wildman–Crippen LogP) is 7.15. The first-order valence-corrected chi connectivity index (χ1v) is 11.1. The summed E-state index contributed by atoms with van der Waals surface area (Å²) in [4.78, 5) is 17.4. The number of carbonyl (C=O) groups is 1. The van der Waals surface area contributed by atoms with Crippen molar-refractivity contribution >= 4 is 45.6 Å². The van der Waals surface area contributed by atoms with Crippen LogP contribution in [0.5, 0.6) is 0 Å². The van der Waals surface area contributed by atoms with Gasteiger partial charge in [-0.05, 0) is 48.2 Å². The minimum absolute atomic E-state index is 0.165. The van der Waals surface area contributed by atoms with E-state index in [2.05, 4.69) is 22.4 Å². The SMILES string of the molecule is O=C(Nc1nc(-c2ccc(Cl)cc2Cl)cs1)c1ccccc1CCc1ccccc1. The molecule has 30 heavy (non-hydrogen) atoms. The van der Waals surface area contributed by atoms with Crippen LogP contribution in [-0.4, -0.2) is 10.9 Å². The number of amides is 1. The first-order valence-electron chi connectivity index (χ1n) is 9.44. The molecule has 0 atom stereocenters. The molecule has 0 aliphatic carbocycles. The molecule has 0 saturated heterocycles. The van der Waals surface area contributed by atoms with Gasteiger partial charge in [-0.2, -0.15) is 0 Å². The van der Waals surface area contributed by atoms with Crippen molar-refractivity contribution in [2.45, 2.75) is 12.8 Å². The van der Waals surface area contributed by atoms with E-state index in [1.807, 2.05) is 53.9 Å². The summed E-state index contributed by atoms with van der Waals surface area (Å²) in [5, 5.41) is 6.40. The van der Waals surface area contributed by atoms with Gasteiger partial charge in [0, 0.05) is 21.5 Å². The zero-order valence-corrected chi connectivity index (χ0v) is 18.3. The molecule has 0 unspecified atom stereocenters. The van der Waals surface area contributed by atoms with Gasteiger partial charge in [0.1, 0.15) is 0 Å². The Balaban J connectivity index is 1.49. The maximum atomic E-state index is 12.9. The smallest absolute Gasteiger partial charge is 0.257 e. The molecule has 0 aliphatic heterocycles. The topological polar surface area (TPSA) is 42.0 Å². The van der Waals surface area contributed by atoms with Gasteiger partial charge in [-0.3, -0.25) is 10.1 Å².